The number of carbonyl (C=O) groups excluding carboxylic acids is 1. The first-order valence-corrected chi connectivity index (χ1v) is 4.58. The van der Waals surface area contributed by atoms with Gasteiger partial charge in [-0.25, -0.2) is 4.79 Å². The van der Waals surface area contributed by atoms with E-state index in [1.807, 2.05) is 0 Å². The molecule has 1 aliphatic rings. The van der Waals surface area contributed by atoms with Crippen molar-refractivity contribution in [2.75, 3.05) is 19.7 Å². The second kappa shape index (κ2) is 3.86. The van der Waals surface area contributed by atoms with Gasteiger partial charge in [0.2, 0.25) is 0 Å². The largest absolute Gasteiger partial charge is 0.481 e. The van der Waals surface area contributed by atoms with Gasteiger partial charge >= 0.3 is 12.1 Å². The van der Waals surface area contributed by atoms with Crippen molar-refractivity contribution in [1.29, 1.82) is 0 Å². The van der Waals surface area contributed by atoms with E-state index in [9.17, 15) is 9.59 Å². The molecule has 5 heteroatoms. The van der Waals surface area contributed by atoms with E-state index in [-0.39, 0.29) is 6.54 Å². The molecule has 1 heterocycles. The van der Waals surface area contributed by atoms with Crippen LogP contribution >= 0.6 is 0 Å². The summed E-state index contributed by atoms with van der Waals surface area (Å²) < 4.78 is 4.81. The first-order chi connectivity index (χ1) is 6.43. The lowest BCUT2D eigenvalue weighted by Crippen LogP contribution is -2.45. The number of carboxylic acid groups (broad SMARTS) is 1. The molecule has 1 amide bonds. The maximum absolute atomic E-state index is 11.2. The lowest BCUT2D eigenvalue weighted by atomic mass is 9.93. The van der Waals surface area contributed by atoms with Crippen LogP contribution in [0.5, 0.6) is 0 Å². The van der Waals surface area contributed by atoms with Crippen molar-refractivity contribution in [1.82, 2.24) is 4.90 Å². The number of cyclic esters (lactones) is 1. The number of nitrogens with zero attached hydrogens (tertiary/aromatic N) is 1. The minimum Gasteiger partial charge on any atom is -0.481 e. The van der Waals surface area contributed by atoms with Crippen LogP contribution in [-0.4, -0.2) is 41.8 Å². The second-order valence-corrected chi connectivity index (χ2v) is 4.08. The summed E-state index contributed by atoms with van der Waals surface area (Å²) >= 11 is 0. The van der Waals surface area contributed by atoms with Crippen LogP contribution < -0.4 is 0 Å². The lowest BCUT2D eigenvalue weighted by Gasteiger charge is -2.31. The molecule has 1 fully saturated rings. The summed E-state index contributed by atoms with van der Waals surface area (Å²) in [6.07, 6.45) is 0.354. The van der Waals surface area contributed by atoms with Crippen LogP contribution in [0.1, 0.15) is 20.3 Å². The summed E-state index contributed by atoms with van der Waals surface area (Å²) in [6.45, 7) is 4.40. The molecule has 0 aromatic rings. The summed E-state index contributed by atoms with van der Waals surface area (Å²) in [7, 11) is 0. The van der Waals surface area contributed by atoms with Crippen molar-refractivity contribution < 1.29 is 19.4 Å². The monoisotopic (exact) mass is 201 g/mol. The van der Waals surface area contributed by atoms with Gasteiger partial charge in [-0.2, -0.15) is 0 Å². The molecule has 0 spiro atoms. The molecule has 0 saturated carbocycles. The number of amides is 1. The van der Waals surface area contributed by atoms with Gasteiger partial charge in [0.05, 0.1) is 12.0 Å². The van der Waals surface area contributed by atoms with E-state index in [2.05, 4.69) is 0 Å². The maximum Gasteiger partial charge on any atom is 0.409 e. The van der Waals surface area contributed by atoms with Gasteiger partial charge in [0, 0.05) is 13.1 Å². The van der Waals surface area contributed by atoms with Crippen LogP contribution in [0, 0.1) is 5.41 Å². The average molecular weight is 201 g/mol. The molecule has 0 aromatic carbocycles. The molecule has 14 heavy (non-hydrogen) atoms. The molecular formula is C9H15NO4. The molecule has 0 radical (unpaired) electrons. The topological polar surface area (TPSA) is 66.8 Å². The Morgan fingerprint density at radius 1 is 1.64 bits per heavy atom. The molecular weight excluding hydrogens is 186 g/mol. The van der Waals surface area contributed by atoms with E-state index < -0.39 is 17.5 Å². The zero-order valence-electron chi connectivity index (χ0n) is 8.45. The van der Waals surface area contributed by atoms with E-state index in [4.69, 9.17) is 9.84 Å². The fourth-order valence-electron chi connectivity index (χ4n) is 1.29. The van der Waals surface area contributed by atoms with Crippen LogP contribution in [0.4, 0.5) is 4.79 Å². The van der Waals surface area contributed by atoms with E-state index >= 15 is 0 Å². The number of carbonyl (C=O) groups is 2. The molecule has 0 aromatic heterocycles. The zero-order valence-corrected chi connectivity index (χ0v) is 8.45. The number of rotatable bonds is 3. The fraction of sp³-hybridized carbons (Fsp3) is 0.778. The number of aliphatic carboxylic acids is 1. The van der Waals surface area contributed by atoms with Crippen LogP contribution in [0.3, 0.4) is 0 Å². The van der Waals surface area contributed by atoms with Crippen molar-refractivity contribution in [3.05, 3.63) is 0 Å². The Morgan fingerprint density at radius 3 is 2.79 bits per heavy atom. The van der Waals surface area contributed by atoms with Gasteiger partial charge in [-0.3, -0.25) is 4.79 Å². The quantitative estimate of drug-likeness (QED) is 0.737. The van der Waals surface area contributed by atoms with Gasteiger partial charge in [0.25, 0.3) is 0 Å². The standard InChI is InChI=1S/C9H15NO4/c1-9(2,7(11)12)6-10-4-3-5-14-8(10)13/h3-6H2,1-2H3,(H,11,12). The Kier molecular flexibility index (Phi) is 2.98. The summed E-state index contributed by atoms with van der Waals surface area (Å²) in [5.41, 5.74) is -0.920. The second-order valence-electron chi connectivity index (χ2n) is 4.08. The van der Waals surface area contributed by atoms with E-state index in [1.165, 1.54) is 4.90 Å². The number of hydrogen-bond donors (Lipinski definition) is 1. The van der Waals surface area contributed by atoms with Gasteiger partial charge in [0.1, 0.15) is 0 Å². The van der Waals surface area contributed by atoms with Crippen LogP contribution in [0.2, 0.25) is 0 Å². The van der Waals surface area contributed by atoms with Gasteiger partial charge < -0.3 is 14.7 Å². The molecule has 80 valence electrons. The minimum atomic E-state index is -0.920. The first-order valence-electron chi connectivity index (χ1n) is 4.58. The third-order valence-corrected chi connectivity index (χ3v) is 2.22. The molecule has 0 atom stereocenters. The van der Waals surface area contributed by atoms with Crippen molar-refractivity contribution in [2.24, 2.45) is 5.41 Å². The highest BCUT2D eigenvalue weighted by Gasteiger charge is 2.33. The lowest BCUT2D eigenvalue weighted by molar-refractivity contribution is -0.147. The summed E-state index contributed by atoms with van der Waals surface area (Å²) in [5, 5.41) is 8.88. The average Bonchev–Trinajstić information content (AvgIpc) is 2.08. The third kappa shape index (κ3) is 2.37. The summed E-state index contributed by atoms with van der Waals surface area (Å²) in [4.78, 5) is 23.5. The maximum atomic E-state index is 11.2. The van der Waals surface area contributed by atoms with Crippen molar-refractivity contribution in [2.45, 2.75) is 20.3 Å². The van der Waals surface area contributed by atoms with E-state index in [0.29, 0.717) is 13.2 Å². The van der Waals surface area contributed by atoms with Crippen LogP contribution in [0.25, 0.3) is 0 Å². The van der Waals surface area contributed by atoms with Crippen molar-refractivity contribution in [3.8, 4) is 0 Å². The number of carboxylic acids is 1. The smallest absolute Gasteiger partial charge is 0.409 e. The number of hydrogen-bond acceptors (Lipinski definition) is 3. The summed E-state index contributed by atoms with van der Waals surface area (Å²) in [5.74, 6) is -0.907. The Labute approximate surface area is 82.6 Å². The Hall–Kier alpha value is -1.26. The highest BCUT2D eigenvalue weighted by Crippen LogP contribution is 2.19. The Morgan fingerprint density at radius 2 is 2.29 bits per heavy atom. The normalized spacial score (nSPS) is 17.9. The van der Waals surface area contributed by atoms with Crippen LogP contribution in [0.15, 0.2) is 0 Å². The Bertz CT molecular complexity index is 249. The molecule has 1 saturated heterocycles. The molecule has 0 unspecified atom stereocenters. The van der Waals surface area contributed by atoms with Crippen molar-refractivity contribution in [3.63, 3.8) is 0 Å². The van der Waals surface area contributed by atoms with Gasteiger partial charge in [-0.05, 0) is 20.3 Å². The minimum absolute atomic E-state index is 0.196. The van der Waals surface area contributed by atoms with Crippen LogP contribution in [-0.2, 0) is 9.53 Å². The highest BCUT2D eigenvalue weighted by atomic mass is 16.6. The molecule has 0 aliphatic carbocycles. The van der Waals surface area contributed by atoms with Gasteiger partial charge in [0.15, 0.2) is 0 Å². The highest BCUT2D eigenvalue weighted by molar-refractivity contribution is 5.75. The van der Waals surface area contributed by atoms with E-state index in [0.717, 1.165) is 6.42 Å². The van der Waals surface area contributed by atoms with Crippen molar-refractivity contribution >= 4 is 12.1 Å². The molecule has 5 nitrogen and oxygen atoms in total. The molecule has 1 aliphatic heterocycles. The summed E-state index contributed by atoms with van der Waals surface area (Å²) in [6, 6.07) is 0. The van der Waals surface area contributed by atoms with Gasteiger partial charge in [-0.15, -0.1) is 0 Å². The Balaban J connectivity index is 2.58. The third-order valence-electron chi connectivity index (χ3n) is 2.22. The molecule has 1 N–H and O–H groups in total. The van der Waals surface area contributed by atoms with Gasteiger partial charge in [-0.1, -0.05) is 0 Å². The first kappa shape index (κ1) is 10.8. The predicted molar refractivity (Wildman–Crippen MR) is 49.0 cm³/mol. The SMILES string of the molecule is CC(C)(CN1CCCOC1=O)C(=O)O. The fourth-order valence-corrected chi connectivity index (χ4v) is 1.29. The predicted octanol–water partition coefficient (Wildman–Crippen LogP) is 0.940. The number of ether oxygens (including phenoxy) is 1. The molecule has 1 rings (SSSR count). The molecule has 0 bridgehead atoms. The zero-order chi connectivity index (χ0) is 10.8. The van der Waals surface area contributed by atoms with E-state index in [1.54, 1.807) is 13.8 Å².